The fourth-order valence-corrected chi connectivity index (χ4v) is 13.6. The highest BCUT2D eigenvalue weighted by molar-refractivity contribution is 5.78. The van der Waals surface area contributed by atoms with Gasteiger partial charge in [0.05, 0.1) is 82.7 Å². The third kappa shape index (κ3) is 19.6. The number of aliphatic hydroxyl groups is 22. The molecule has 108 heavy (non-hydrogen) atoms. The summed E-state index contributed by atoms with van der Waals surface area (Å²) in [5.41, 5.74) is 0. The molecule has 7 aliphatic heterocycles. The third-order valence-corrected chi connectivity index (χ3v) is 19.1. The number of rotatable bonds is 32. The van der Waals surface area contributed by atoms with Crippen molar-refractivity contribution in [3.63, 3.8) is 0 Å². The molecular formula is C59H96N4O45. The molecular weight excluding hydrogens is 1480 g/mol. The van der Waals surface area contributed by atoms with Gasteiger partial charge in [0.15, 0.2) is 25.2 Å². The monoisotopic (exact) mass is 1580 g/mol. The maximum absolute atomic E-state index is 14.2. The quantitative estimate of drug-likeness (QED) is 0.0297. The van der Waals surface area contributed by atoms with Crippen LogP contribution < -0.4 is 21.3 Å². The Morgan fingerprint density at radius 2 is 0.796 bits per heavy atom. The molecule has 7 rings (SSSR count). The van der Waals surface area contributed by atoms with Crippen LogP contribution >= 0.6 is 0 Å². The second-order valence-corrected chi connectivity index (χ2v) is 26.8. The van der Waals surface area contributed by atoms with Crippen LogP contribution in [-0.4, -0.2) is 447 Å². The minimum absolute atomic E-state index is 0.818. The summed E-state index contributed by atoms with van der Waals surface area (Å²) in [6, 6.07) is -7.87. The molecule has 0 radical (unpaired) electrons. The number of carbonyl (C=O) groups is 7. The maximum Gasteiger partial charge on any atom is 0.364 e. The summed E-state index contributed by atoms with van der Waals surface area (Å²) < 4.78 is 75.5. The van der Waals surface area contributed by atoms with Gasteiger partial charge in [0.1, 0.15) is 153 Å². The summed E-state index contributed by atoms with van der Waals surface area (Å²) in [4.78, 5) is 91.1. The van der Waals surface area contributed by atoms with Crippen LogP contribution in [0.5, 0.6) is 0 Å². The lowest BCUT2D eigenvalue weighted by Gasteiger charge is -2.53. The van der Waals surface area contributed by atoms with Gasteiger partial charge in [-0.3, -0.25) is 19.2 Å². The Labute approximate surface area is 609 Å². The Bertz CT molecular complexity index is 3010. The normalized spacial score (nSPS) is 43.4. The molecule has 4 amide bonds. The first-order valence-corrected chi connectivity index (χ1v) is 33.5. The summed E-state index contributed by atoms with van der Waals surface area (Å²) in [7, 11) is 0. The lowest BCUT2D eigenvalue weighted by molar-refractivity contribution is -0.404. The largest absolute Gasteiger partial charge is 0.477 e. The molecule has 622 valence electrons. The highest BCUT2D eigenvalue weighted by Gasteiger charge is 2.65. The predicted molar refractivity (Wildman–Crippen MR) is 330 cm³/mol. The average molecular weight is 1580 g/mol. The number of aliphatic hydroxyl groups excluding tert-OH is 22. The smallest absolute Gasteiger partial charge is 0.364 e. The second-order valence-electron chi connectivity index (χ2n) is 26.8. The number of aliphatic carboxylic acids is 3. The van der Waals surface area contributed by atoms with E-state index in [9.17, 15) is 161 Å². The van der Waals surface area contributed by atoms with Crippen molar-refractivity contribution in [1.82, 2.24) is 21.3 Å². The first-order chi connectivity index (χ1) is 50.5. The van der Waals surface area contributed by atoms with E-state index in [-0.39, 0.29) is 0 Å². The van der Waals surface area contributed by atoms with E-state index < -0.39 is 339 Å². The lowest BCUT2D eigenvalue weighted by Crippen LogP contribution is -2.73. The van der Waals surface area contributed by atoms with Crippen molar-refractivity contribution in [3.8, 4) is 0 Å². The molecule has 0 aromatic carbocycles. The van der Waals surface area contributed by atoms with E-state index >= 15 is 0 Å². The Morgan fingerprint density at radius 1 is 0.398 bits per heavy atom. The van der Waals surface area contributed by atoms with Crippen LogP contribution in [0.25, 0.3) is 0 Å². The van der Waals surface area contributed by atoms with Gasteiger partial charge in [-0.1, -0.05) is 0 Å². The van der Waals surface area contributed by atoms with Gasteiger partial charge in [-0.05, 0) is 0 Å². The zero-order valence-corrected chi connectivity index (χ0v) is 57.6. The van der Waals surface area contributed by atoms with Gasteiger partial charge in [0, 0.05) is 47.0 Å². The zero-order chi connectivity index (χ0) is 80.8. The molecule has 29 N–H and O–H groups in total. The number of ether oxygens (including phenoxy) is 13. The molecule has 38 atom stereocenters. The van der Waals surface area contributed by atoms with Crippen LogP contribution in [0.3, 0.4) is 0 Å². The van der Waals surface area contributed by atoms with Crippen LogP contribution in [0, 0.1) is 0 Å². The number of carboxylic acid groups (broad SMARTS) is 3. The molecule has 0 spiro atoms. The molecule has 49 nitrogen and oxygen atoms in total. The first kappa shape index (κ1) is 90.1. The van der Waals surface area contributed by atoms with Gasteiger partial charge in [-0.15, -0.1) is 0 Å². The van der Waals surface area contributed by atoms with Crippen molar-refractivity contribution in [1.29, 1.82) is 0 Å². The number of amides is 4. The van der Waals surface area contributed by atoms with Crippen molar-refractivity contribution in [2.24, 2.45) is 0 Å². The van der Waals surface area contributed by atoms with Crippen LogP contribution in [0.1, 0.15) is 47.0 Å². The van der Waals surface area contributed by atoms with E-state index in [2.05, 4.69) is 21.3 Å². The van der Waals surface area contributed by atoms with Gasteiger partial charge in [-0.25, -0.2) is 14.4 Å². The van der Waals surface area contributed by atoms with E-state index in [1.165, 1.54) is 0 Å². The van der Waals surface area contributed by atoms with Gasteiger partial charge >= 0.3 is 17.9 Å². The minimum atomic E-state index is -3.74. The molecule has 7 fully saturated rings. The van der Waals surface area contributed by atoms with Crippen LogP contribution in [0.15, 0.2) is 0 Å². The molecule has 0 bridgehead atoms. The number of carbonyl (C=O) groups excluding carboxylic acids is 4. The van der Waals surface area contributed by atoms with Crippen LogP contribution in [0.2, 0.25) is 0 Å². The Balaban J connectivity index is 1.28. The van der Waals surface area contributed by atoms with Crippen molar-refractivity contribution >= 4 is 41.5 Å². The fourth-order valence-electron chi connectivity index (χ4n) is 13.6. The molecule has 7 heterocycles. The summed E-state index contributed by atoms with van der Waals surface area (Å²) in [6.07, 6.45) is -76.7. The summed E-state index contributed by atoms with van der Waals surface area (Å²) >= 11 is 0. The van der Waals surface area contributed by atoms with Crippen LogP contribution in [-0.2, 0) is 95.1 Å². The lowest BCUT2D eigenvalue weighted by atomic mass is 9.87. The minimum Gasteiger partial charge on any atom is -0.477 e. The molecule has 0 saturated carbocycles. The topological polar surface area (TPSA) is 793 Å². The average Bonchev–Trinajstić information content (AvgIpc) is 0.748. The summed E-state index contributed by atoms with van der Waals surface area (Å²) in [6.45, 7) is -5.75. The molecule has 7 saturated heterocycles. The number of carboxylic acids is 3. The molecule has 0 aromatic heterocycles. The van der Waals surface area contributed by atoms with E-state index in [4.69, 9.17) is 61.6 Å². The van der Waals surface area contributed by atoms with Gasteiger partial charge in [-0.2, -0.15) is 0 Å². The van der Waals surface area contributed by atoms with Gasteiger partial charge < -0.3 is 211 Å². The standard InChI is InChI=1S/C59H96N4O45/c1-15(70)60-29-19(74)5-57(54(90)91,105-46(29)33(79)22(77)8-64)96-14-28-35(81)38(84)41(87)52(100-28)103-45-32(63-18(4)73)51(98-24(10-66)36(45)82)102-44-27(13-69)99-53(101-43-26(12-68)97-50(89)40(86)39(43)85)42(88)49(44)108-59(56(94)95)7-21(76)31(62-17(3)72)48(107-59)37(83)25(11-67)104-58(55(92)93)6-20(75)30(61-16(2)71)47(106-58)34(80)23(78)9-65/h19-53,64-69,74-89H,5-14H2,1-4H3,(H,60,70)(H,61,71)(H,62,72)(H,63,73)(H,90,91)(H,92,93)(H,94,95)/t19-,20-,21-,22+,23+,24+,25+,26+,27+,28+,29+,30+,31+,32+,33+,34+,35-,36-,37+,38-,39+,40+,41+,42+,43+,44-,45+,46+,47+,48+,49+,50+,51-,52-,53-,57+,58+,59-/m0/s1. The van der Waals surface area contributed by atoms with E-state index in [1.807, 2.05) is 0 Å². The zero-order valence-electron chi connectivity index (χ0n) is 57.6. The number of nitrogens with one attached hydrogen (secondary N) is 4. The van der Waals surface area contributed by atoms with Crippen molar-refractivity contribution in [2.45, 2.75) is 278 Å². The summed E-state index contributed by atoms with van der Waals surface area (Å²) in [5, 5.41) is 284. The maximum atomic E-state index is 14.2. The Kier molecular flexibility index (Phi) is 31.4. The second kappa shape index (κ2) is 37.7. The molecule has 49 heteroatoms. The fraction of sp³-hybridized carbons (Fsp3) is 0.881. The number of hydrogen-bond donors (Lipinski definition) is 29. The van der Waals surface area contributed by atoms with Crippen molar-refractivity contribution in [3.05, 3.63) is 0 Å². The molecule has 0 unspecified atom stereocenters. The number of hydrogen-bond acceptors (Lipinski definition) is 42. The Hall–Kier alpha value is -5.11. The first-order valence-electron chi connectivity index (χ1n) is 33.5. The SMILES string of the molecule is CC(=O)N[C@H]1[C@H](O[C@@H]2[C@H](O[C@]3(C(=O)O)C[C@H](O)[C@@H](NC(C)=O)[C@H]([C@H](O)[C@@H](CO)O[C@]4(C(=O)O)C[C@H](O)[C@@H](NC(C)=O)[C@H]([C@H](O)[C@H](O)CO)O4)O3)[C@@H](O)[C@H](O[C@H]3[C@H](O)[C@@H](O)[C@H](O)O[C@@H]3CO)O[C@@H]2CO)O[C@H](CO)[C@H](O)[C@@H]1O[C@@H]1O[C@H](CO[C@]2(C(=O)O)C[C@H](O)[C@@H](NC(C)=O)[C@H]([C@H](O)[C@H](O)CO)O2)[C@H](O)[C@H](O)[C@H]1O. The highest BCUT2D eigenvalue weighted by Crippen LogP contribution is 2.43. The van der Waals surface area contributed by atoms with E-state index in [1.54, 1.807) is 0 Å². The Morgan fingerprint density at radius 3 is 1.26 bits per heavy atom. The highest BCUT2D eigenvalue weighted by atomic mass is 16.8. The van der Waals surface area contributed by atoms with Crippen molar-refractivity contribution in [2.75, 3.05) is 46.2 Å². The van der Waals surface area contributed by atoms with E-state index in [0.717, 1.165) is 27.7 Å². The van der Waals surface area contributed by atoms with Crippen molar-refractivity contribution < 1.29 is 223 Å². The summed E-state index contributed by atoms with van der Waals surface area (Å²) in [5.74, 6) is -21.1. The van der Waals surface area contributed by atoms with Gasteiger partial charge in [0.25, 0.3) is 17.4 Å². The van der Waals surface area contributed by atoms with E-state index in [0.29, 0.717) is 0 Å². The van der Waals surface area contributed by atoms with Gasteiger partial charge in [0.2, 0.25) is 23.6 Å². The third-order valence-electron chi connectivity index (χ3n) is 19.1. The molecule has 0 aromatic rings. The van der Waals surface area contributed by atoms with Crippen LogP contribution in [0.4, 0.5) is 0 Å². The molecule has 7 aliphatic rings. The molecule has 0 aliphatic carbocycles. The predicted octanol–water partition coefficient (Wildman–Crippen LogP) is -18.1.